The lowest BCUT2D eigenvalue weighted by molar-refractivity contribution is 0.806. The van der Waals surface area contributed by atoms with Crippen LogP contribution in [0, 0.1) is 0 Å². The summed E-state index contributed by atoms with van der Waals surface area (Å²) in [5.41, 5.74) is 10.1. The highest BCUT2D eigenvalue weighted by molar-refractivity contribution is 5.93. The fraction of sp³-hybridized carbons (Fsp3) is 0.267. The Morgan fingerprint density at radius 1 is 1.26 bits per heavy atom. The highest BCUT2D eigenvalue weighted by atomic mass is 15.0. The Morgan fingerprint density at radius 3 is 2.74 bits per heavy atom. The average Bonchev–Trinajstić information content (AvgIpc) is 3.01. The molecule has 0 atom stereocenters. The van der Waals surface area contributed by atoms with Gasteiger partial charge in [0.05, 0.1) is 11.4 Å². The van der Waals surface area contributed by atoms with E-state index in [1.165, 1.54) is 5.39 Å². The molecular weight excluding hydrogens is 236 g/mol. The monoisotopic (exact) mass is 254 g/mol. The number of H-pyrrole nitrogens is 2. The van der Waals surface area contributed by atoms with E-state index in [2.05, 4.69) is 35.9 Å². The first-order chi connectivity index (χ1) is 9.20. The highest BCUT2D eigenvalue weighted by Crippen LogP contribution is 2.28. The van der Waals surface area contributed by atoms with Crippen LogP contribution in [-0.2, 0) is 6.54 Å². The molecule has 0 bridgehead atoms. The van der Waals surface area contributed by atoms with Gasteiger partial charge in [0.2, 0.25) is 0 Å². The molecule has 4 N–H and O–H groups in total. The number of aromatic nitrogens is 3. The third kappa shape index (κ3) is 1.94. The standard InChI is InChI=1S/C15H18N4/c1-9(2)14-13(7-16)18-15(19-14)11-8-17-12-6-4-3-5-10(11)12/h3-6,8-9,17H,7,16H2,1-2H3,(H,18,19). The Balaban J connectivity index is 2.16. The lowest BCUT2D eigenvalue weighted by Crippen LogP contribution is -2.02. The zero-order valence-corrected chi connectivity index (χ0v) is 11.2. The first kappa shape index (κ1) is 12.0. The maximum Gasteiger partial charge on any atom is 0.140 e. The summed E-state index contributed by atoms with van der Waals surface area (Å²) in [5, 5.41) is 1.18. The number of hydrogen-bond acceptors (Lipinski definition) is 2. The van der Waals surface area contributed by atoms with E-state index >= 15 is 0 Å². The minimum absolute atomic E-state index is 0.369. The molecule has 0 fully saturated rings. The van der Waals surface area contributed by atoms with Gasteiger partial charge in [-0.15, -0.1) is 0 Å². The average molecular weight is 254 g/mol. The van der Waals surface area contributed by atoms with Crippen molar-refractivity contribution in [2.24, 2.45) is 5.73 Å². The predicted octanol–water partition coefficient (Wildman–Crippen LogP) is 3.14. The Labute approximate surface area is 112 Å². The maximum atomic E-state index is 5.79. The largest absolute Gasteiger partial charge is 0.360 e. The molecule has 2 aromatic heterocycles. The number of fused-ring (bicyclic) bond motifs is 1. The van der Waals surface area contributed by atoms with Crippen molar-refractivity contribution in [1.82, 2.24) is 15.0 Å². The third-order valence-corrected chi connectivity index (χ3v) is 3.41. The fourth-order valence-corrected chi connectivity index (χ4v) is 2.45. The van der Waals surface area contributed by atoms with Gasteiger partial charge in [-0.05, 0) is 12.0 Å². The van der Waals surface area contributed by atoms with Crippen LogP contribution in [0.25, 0.3) is 22.3 Å². The van der Waals surface area contributed by atoms with Crippen molar-refractivity contribution in [3.63, 3.8) is 0 Å². The normalized spacial score (nSPS) is 11.6. The molecule has 4 nitrogen and oxygen atoms in total. The molecule has 1 aromatic carbocycles. The van der Waals surface area contributed by atoms with Crippen molar-refractivity contribution in [3.05, 3.63) is 41.9 Å². The van der Waals surface area contributed by atoms with E-state index in [9.17, 15) is 0 Å². The molecule has 0 aliphatic rings. The second-order valence-electron chi connectivity index (χ2n) is 5.06. The van der Waals surface area contributed by atoms with Gasteiger partial charge in [0.25, 0.3) is 0 Å². The molecule has 0 saturated carbocycles. The number of imidazole rings is 1. The molecule has 3 aromatic rings. The molecule has 2 heterocycles. The lowest BCUT2D eigenvalue weighted by atomic mass is 10.1. The van der Waals surface area contributed by atoms with E-state index in [4.69, 9.17) is 10.7 Å². The molecule has 3 rings (SSSR count). The van der Waals surface area contributed by atoms with Gasteiger partial charge >= 0.3 is 0 Å². The summed E-state index contributed by atoms with van der Waals surface area (Å²) >= 11 is 0. The Hall–Kier alpha value is -2.07. The van der Waals surface area contributed by atoms with E-state index in [0.717, 1.165) is 28.3 Å². The Kier molecular flexibility index (Phi) is 2.87. The van der Waals surface area contributed by atoms with Gasteiger partial charge in [0.15, 0.2) is 0 Å². The minimum atomic E-state index is 0.369. The van der Waals surface area contributed by atoms with E-state index in [-0.39, 0.29) is 0 Å². The van der Waals surface area contributed by atoms with Crippen LogP contribution in [0.15, 0.2) is 30.5 Å². The van der Waals surface area contributed by atoms with Crippen LogP contribution in [0.4, 0.5) is 0 Å². The summed E-state index contributed by atoms with van der Waals surface area (Å²) in [6, 6.07) is 8.22. The number of para-hydroxylation sites is 1. The summed E-state index contributed by atoms with van der Waals surface area (Å²) in [4.78, 5) is 11.3. The number of hydrogen-bond donors (Lipinski definition) is 3. The summed E-state index contributed by atoms with van der Waals surface area (Å²) in [6.45, 7) is 4.76. The van der Waals surface area contributed by atoms with Crippen LogP contribution in [0.3, 0.4) is 0 Å². The highest BCUT2D eigenvalue weighted by Gasteiger charge is 2.15. The summed E-state index contributed by atoms with van der Waals surface area (Å²) in [7, 11) is 0. The number of aromatic amines is 2. The van der Waals surface area contributed by atoms with E-state index in [1.807, 2.05) is 18.3 Å². The number of rotatable bonds is 3. The third-order valence-electron chi connectivity index (χ3n) is 3.41. The molecule has 0 spiro atoms. The summed E-state index contributed by atoms with van der Waals surface area (Å²) < 4.78 is 0. The number of benzene rings is 1. The first-order valence-electron chi connectivity index (χ1n) is 6.56. The van der Waals surface area contributed by atoms with E-state index in [0.29, 0.717) is 12.5 Å². The van der Waals surface area contributed by atoms with Crippen LogP contribution in [0.2, 0.25) is 0 Å². The molecule has 0 unspecified atom stereocenters. The van der Waals surface area contributed by atoms with Crippen LogP contribution in [0.5, 0.6) is 0 Å². The van der Waals surface area contributed by atoms with Crippen LogP contribution in [0.1, 0.15) is 31.2 Å². The van der Waals surface area contributed by atoms with Crippen LogP contribution < -0.4 is 5.73 Å². The van der Waals surface area contributed by atoms with Crippen molar-refractivity contribution in [2.45, 2.75) is 26.3 Å². The molecule has 0 amide bonds. The van der Waals surface area contributed by atoms with Crippen molar-refractivity contribution in [2.75, 3.05) is 0 Å². The zero-order chi connectivity index (χ0) is 13.4. The smallest absolute Gasteiger partial charge is 0.140 e. The van der Waals surface area contributed by atoms with E-state index in [1.54, 1.807) is 0 Å². The van der Waals surface area contributed by atoms with Gasteiger partial charge in [-0.2, -0.15) is 0 Å². The Morgan fingerprint density at radius 2 is 2.05 bits per heavy atom. The molecule has 19 heavy (non-hydrogen) atoms. The molecule has 0 saturated heterocycles. The number of nitrogens with zero attached hydrogens (tertiary/aromatic N) is 1. The molecule has 0 radical (unpaired) electrons. The van der Waals surface area contributed by atoms with Gasteiger partial charge < -0.3 is 15.7 Å². The number of nitrogens with one attached hydrogen (secondary N) is 2. The number of nitrogens with two attached hydrogens (primary N) is 1. The second kappa shape index (κ2) is 4.55. The quantitative estimate of drug-likeness (QED) is 0.672. The second-order valence-corrected chi connectivity index (χ2v) is 5.06. The van der Waals surface area contributed by atoms with Crippen molar-refractivity contribution in [1.29, 1.82) is 0 Å². The van der Waals surface area contributed by atoms with Gasteiger partial charge in [0, 0.05) is 29.2 Å². The molecule has 0 aliphatic carbocycles. The topological polar surface area (TPSA) is 70.5 Å². The predicted molar refractivity (Wildman–Crippen MR) is 77.9 cm³/mol. The maximum absolute atomic E-state index is 5.79. The fourth-order valence-electron chi connectivity index (χ4n) is 2.45. The molecule has 98 valence electrons. The molecule has 0 aliphatic heterocycles. The first-order valence-corrected chi connectivity index (χ1v) is 6.56. The lowest BCUT2D eigenvalue weighted by Gasteiger charge is -2.01. The van der Waals surface area contributed by atoms with Gasteiger partial charge in [-0.1, -0.05) is 32.0 Å². The Bertz CT molecular complexity index is 706. The van der Waals surface area contributed by atoms with E-state index < -0.39 is 0 Å². The SMILES string of the molecule is CC(C)c1nc(-c2c[nH]c3ccccc23)[nH]c1CN. The summed E-state index contributed by atoms with van der Waals surface area (Å²) in [6.07, 6.45) is 1.99. The van der Waals surface area contributed by atoms with Gasteiger partial charge in [-0.3, -0.25) is 0 Å². The molecular formula is C15H18N4. The zero-order valence-electron chi connectivity index (χ0n) is 11.2. The van der Waals surface area contributed by atoms with Crippen LogP contribution in [-0.4, -0.2) is 15.0 Å². The van der Waals surface area contributed by atoms with Crippen molar-refractivity contribution >= 4 is 10.9 Å². The summed E-state index contributed by atoms with van der Waals surface area (Å²) in [5.74, 6) is 1.26. The van der Waals surface area contributed by atoms with Crippen molar-refractivity contribution < 1.29 is 0 Å². The van der Waals surface area contributed by atoms with Crippen LogP contribution >= 0.6 is 0 Å². The van der Waals surface area contributed by atoms with Gasteiger partial charge in [0.1, 0.15) is 5.82 Å². The van der Waals surface area contributed by atoms with Crippen molar-refractivity contribution in [3.8, 4) is 11.4 Å². The minimum Gasteiger partial charge on any atom is -0.360 e. The van der Waals surface area contributed by atoms with Gasteiger partial charge in [-0.25, -0.2) is 4.98 Å². The molecule has 4 heteroatoms.